The van der Waals surface area contributed by atoms with Gasteiger partial charge >= 0.3 is 0 Å². The quantitative estimate of drug-likeness (QED) is 0.555. The Balaban J connectivity index is 2.40. The number of amides is 1. The van der Waals surface area contributed by atoms with E-state index < -0.39 is 17.5 Å². The summed E-state index contributed by atoms with van der Waals surface area (Å²) in [6.45, 7) is -0.209. The minimum Gasteiger partial charge on any atom is -0.368 e. The van der Waals surface area contributed by atoms with E-state index in [0.717, 1.165) is 18.2 Å². The van der Waals surface area contributed by atoms with E-state index in [4.69, 9.17) is 5.73 Å². The van der Waals surface area contributed by atoms with Crippen LogP contribution >= 0.6 is 0 Å². The molecule has 0 fully saturated rings. The number of primary amides is 1. The van der Waals surface area contributed by atoms with Gasteiger partial charge in [-0.05, 0) is 17.7 Å². The first kappa shape index (κ1) is 11.5. The van der Waals surface area contributed by atoms with Gasteiger partial charge in [0.2, 0.25) is 5.91 Å². The average molecular weight is 216 g/mol. The molecule has 1 amide bonds. The molecule has 0 aromatic heterocycles. The Hall–Kier alpha value is -1.53. The van der Waals surface area contributed by atoms with Gasteiger partial charge in [-0.15, -0.1) is 0 Å². The standard InChI is InChI=1S/C9H10F2N2O2/c10-7-1-6(2-8(11)3-7)4-13-15-5-9(12)14/h1-3,13H,4-5H2,(H2,12,14). The van der Waals surface area contributed by atoms with Crippen LogP contribution in [0.2, 0.25) is 0 Å². The number of rotatable bonds is 5. The highest BCUT2D eigenvalue weighted by molar-refractivity contribution is 5.74. The first-order valence-electron chi connectivity index (χ1n) is 4.16. The number of benzene rings is 1. The van der Waals surface area contributed by atoms with Crippen LogP contribution in [-0.2, 0) is 16.2 Å². The van der Waals surface area contributed by atoms with E-state index >= 15 is 0 Å². The fourth-order valence-corrected chi connectivity index (χ4v) is 0.970. The highest BCUT2D eigenvalue weighted by atomic mass is 19.1. The molecule has 0 bridgehead atoms. The van der Waals surface area contributed by atoms with Crippen LogP contribution in [0, 0.1) is 11.6 Å². The number of nitrogens with two attached hydrogens (primary N) is 1. The van der Waals surface area contributed by atoms with Gasteiger partial charge in [-0.1, -0.05) is 0 Å². The van der Waals surface area contributed by atoms with Crippen molar-refractivity contribution < 1.29 is 18.4 Å². The van der Waals surface area contributed by atoms with Gasteiger partial charge in [-0.25, -0.2) is 8.78 Å². The molecule has 3 N–H and O–H groups in total. The van der Waals surface area contributed by atoms with Crippen molar-refractivity contribution in [3.63, 3.8) is 0 Å². The highest BCUT2D eigenvalue weighted by Gasteiger charge is 2.00. The topological polar surface area (TPSA) is 64.4 Å². The lowest BCUT2D eigenvalue weighted by Crippen LogP contribution is -2.24. The smallest absolute Gasteiger partial charge is 0.245 e. The van der Waals surface area contributed by atoms with Crippen molar-refractivity contribution in [3.8, 4) is 0 Å². The molecule has 0 unspecified atom stereocenters. The third-order valence-electron chi connectivity index (χ3n) is 1.52. The number of carbonyl (C=O) groups excluding carboxylic acids is 1. The van der Waals surface area contributed by atoms with Crippen LogP contribution in [0.1, 0.15) is 5.56 Å². The molecule has 15 heavy (non-hydrogen) atoms. The summed E-state index contributed by atoms with van der Waals surface area (Å²) in [6, 6.07) is 3.08. The van der Waals surface area contributed by atoms with Gasteiger partial charge in [-0.2, -0.15) is 5.48 Å². The summed E-state index contributed by atoms with van der Waals surface area (Å²) in [6.07, 6.45) is 0. The molecule has 0 aliphatic heterocycles. The number of hydrogen-bond donors (Lipinski definition) is 2. The van der Waals surface area contributed by atoms with Crippen molar-refractivity contribution >= 4 is 5.91 Å². The van der Waals surface area contributed by atoms with Gasteiger partial charge in [0.25, 0.3) is 0 Å². The van der Waals surface area contributed by atoms with Crippen molar-refractivity contribution in [3.05, 3.63) is 35.4 Å². The summed E-state index contributed by atoms with van der Waals surface area (Å²) in [4.78, 5) is 14.9. The molecule has 0 saturated heterocycles. The van der Waals surface area contributed by atoms with Crippen LogP contribution in [0.4, 0.5) is 8.78 Å². The zero-order chi connectivity index (χ0) is 11.3. The first-order valence-corrected chi connectivity index (χ1v) is 4.16. The highest BCUT2D eigenvalue weighted by Crippen LogP contribution is 2.07. The van der Waals surface area contributed by atoms with Crippen LogP contribution in [0.25, 0.3) is 0 Å². The Kier molecular flexibility index (Phi) is 4.14. The van der Waals surface area contributed by atoms with Crippen LogP contribution in [0.5, 0.6) is 0 Å². The minimum absolute atomic E-state index is 0.0853. The molecule has 1 aromatic carbocycles. The predicted molar refractivity (Wildman–Crippen MR) is 48.3 cm³/mol. The lowest BCUT2D eigenvalue weighted by molar-refractivity contribution is -0.125. The SMILES string of the molecule is NC(=O)CONCc1cc(F)cc(F)c1. The second-order valence-corrected chi connectivity index (χ2v) is 2.85. The summed E-state index contributed by atoms with van der Waals surface area (Å²) in [5.74, 6) is -1.96. The van der Waals surface area contributed by atoms with Gasteiger partial charge in [0, 0.05) is 12.6 Å². The third-order valence-corrected chi connectivity index (χ3v) is 1.52. The predicted octanol–water partition coefficient (Wildman–Crippen LogP) is 0.471. The van der Waals surface area contributed by atoms with Gasteiger partial charge < -0.3 is 5.73 Å². The van der Waals surface area contributed by atoms with E-state index in [1.807, 2.05) is 0 Å². The normalized spacial score (nSPS) is 10.3. The summed E-state index contributed by atoms with van der Waals surface area (Å²) in [5, 5.41) is 0. The first-order chi connectivity index (χ1) is 7.08. The Morgan fingerprint density at radius 2 is 1.93 bits per heavy atom. The molecule has 0 spiro atoms. The van der Waals surface area contributed by atoms with E-state index in [-0.39, 0.29) is 13.2 Å². The molecule has 1 rings (SSSR count). The molecule has 1 aromatic rings. The van der Waals surface area contributed by atoms with E-state index in [2.05, 4.69) is 10.3 Å². The maximum Gasteiger partial charge on any atom is 0.245 e. The molecule has 0 radical (unpaired) electrons. The van der Waals surface area contributed by atoms with Crippen LogP contribution in [0.3, 0.4) is 0 Å². The zero-order valence-electron chi connectivity index (χ0n) is 7.80. The molecule has 0 atom stereocenters. The fourth-order valence-electron chi connectivity index (χ4n) is 0.970. The molecular weight excluding hydrogens is 206 g/mol. The number of hydroxylamine groups is 1. The van der Waals surface area contributed by atoms with E-state index in [1.54, 1.807) is 0 Å². The average Bonchev–Trinajstić information content (AvgIpc) is 2.10. The summed E-state index contributed by atoms with van der Waals surface area (Å²) in [7, 11) is 0. The Bertz CT molecular complexity index is 338. The number of hydrogen-bond acceptors (Lipinski definition) is 3. The van der Waals surface area contributed by atoms with E-state index in [0.29, 0.717) is 5.56 Å². The maximum atomic E-state index is 12.7. The van der Waals surface area contributed by atoms with Gasteiger partial charge in [-0.3, -0.25) is 9.63 Å². The molecule has 4 nitrogen and oxygen atoms in total. The van der Waals surface area contributed by atoms with Crippen molar-refractivity contribution in [1.82, 2.24) is 5.48 Å². The van der Waals surface area contributed by atoms with Gasteiger partial charge in [0.05, 0.1) is 0 Å². The van der Waals surface area contributed by atoms with Crippen molar-refractivity contribution in [1.29, 1.82) is 0 Å². The second-order valence-electron chi connectivity index (χ2n) is 2.85. The summed E-state index contributed by atoms with van der Waals surface area (Å²) in [5.41, 5.74) is 7.52. The minimum atomic E-state index is -0.665. The Labute approximate surface area is 85.0 Å². The number of nitrogens with one attached hydrogen (secondary N) is 1. The summed E-state index contributed by atoms with van der Waals surface area (Å²) < 4.78 is 25.4. The number of halogens is 2. The van der Waals surface area contributed by atoms with Crippen molar-refractivity contribution in [2.24, 2.45) is 5.73 Å². The maximum absolute atomic E-state index is 12.7. The Morgan fingerprint density at radius 1 is 1.33 bits per heavy atom. The summed E-state index contributed by atoms with van der Waals surface area (Å²) >= 11 is 0. The van der Waals surface area contributed by atoms with E-state index in [1.165, 1.54) is 0 Å². The van der Waals surface area contributed by atoms with Crippen molar-refractivity contribution in [2.75, 3.05) is 6.61 Å². The molecule has 6 heteroatoms. The third kappa shape index (κ3) is 4.48. The fraction of sp³-hybridized carbons (Fsp3) is 0.222. The van der Waals surface area contributed by atoms with E-state index in [9.17, 15) is 13.6 Å². The molecule has 0 aliphatic rings. The monoisotopic (exact) mass is 216 g/mol. The van der Waals surface area contributed by atoms with Crippen molar-refractivity contribution in [2.45, 2.75) is 6.54 Å². The van der Waals surface area contributed by atoms with Gasteiger partial charge in [0.1, 0.15) is 18.2 Å². The van der Waals surface area contributed by atoms with Crippen LogP contribution in [-0.4, -0.2) is 12.5 Å². The van der Waals surface area contributed by atoms with Gasteiger partial charge in [0.15, 0.2) is 0 Å². The zero-order valence-corrected chi connectivity index (χ0v) is 7.80. The van der Waals surface area contributed by atoms with Crippen LogP contribution < -0.4 is 11.2 Å². The molecule has 82 valence electrons. The number of carbonyl (C=O) groups is 1. The molecule has 0 aliphatic carbocycles. The lowest BCUT2D eigenvalue weighted by atomic mass is 10.2. The molecule has 0 saturated carbocycles. The largest absolute Gasteiger partial charge is 0.368 e. The van der Waals surface area contributed by atoms with Crippen LogP contribution in [0.15, 0.2) is 18.2 Å². The second kappa shape index (κ2) is 5.38. The molecule has 0 heterocycles. The Morgan fingerprint density at radius 3 is 2.47 bits per heavy atom. The lowest BCUT2D eigenvalue weighted by Gasteiger charge is -2.04. The molecular formula is C9H10F2N2O2.